The Bertz CT molecular complexity index is 947. The fourth-order valence-electron chi connectivity index (χ4n) is 3.04. The van der Waals surface area contributed by atoms with Crippen LogP contribution in [0.25, 0.3) is 10.8 Å². The quantitative estimate of drug-likeness (QED) is 0.134. The van der Waals surface area contributed by atoms with Gasteiger partial charge in [0.2, 0.25) is 0 Å². The first-order valence-corrected chi connectivity index (χ1v) is 13.5. The number of carbonyl (C=O) groups is 3. The number of methoxy groups -OCH3 is 1. The highest BCUT2D eigenvalue weighted by Crippen LogP contribution is 2.37. The number of thioether (sulfide) groups is 1. The minimum atomic E-state index is -0.488. The van der Waals surface area contributed by atoms with Gasteiger partial charge in [0.1, 0.15) is 0 Å². The topological polar surface area (TPSA) is 82.1 Å². The minimum Gasteiger partial charge on any atom is -0.466 e. The third-order valence-corrected chi connectivity index (χ3v) is 6.45. The van der Waals surface area contributed by atoms with Gasteiger partial charge in [-0.3, -0.25) is 14.4 Å². The molecule has 7 nitrogen and oxygen atoms in total. The van der Waals surface area contributed by atoms with Crippen LogP contribution in [0.1, 0.15) is 40.5 Å². The molecule has 2 amide bonds. The molecule has 0 fully saturated rings. The number of hydrogen-bond donors (Lipinski definition) is 0. The zero-order valence-corrected chi connectivity index (χ0v) is 20.2. The van der Waals surface area contributed by atoms with Crippen LogP contribution in [0.3, 0.4) is 0 Å². The molecular weight excluding hydrogens is 541 g/mol. The maximum atomic E-state index is 12.7. The highest BCUT2D eigenvalue weighted by molar-refractivity contribution is 14.2. The van der Waals surface area contributed by atoms with Gasteiger partial charge in [-0.25, -0.2) is 0 Å². The fraction of sp³-hybridized carbons (Fsp3) is 0.350. The zero-order valence-electron chi connectivity index (χ0n) is 16.4. The number of carbonyl (C=O) groups excluding carboxylic acids is 3. The van der Waals surface area contributed by atoms with Crippen LogP contribution < -0.4 is 0 Å². The maximum absolute atomic E-state index is 12.7. The predicted octanol–water partition coefficient (Wildman–Crippen LogP) is 4.82. The van der Waals surface area contributed by atoms with E-state index in [9.17, 15) is 14.4 Å². The van der Waals surface area contributed by atoms with Crippen molar-refractivity contribution in [1.82, 2.24) is 5.06 Å². The van der Waals surface area contributed by atoms with Gasteiger partial charge in [-0.15, -0.1) is 16.8 Å². The van der Waals surface area contributed by atoms with E-state index in [1.807, 2.05) is 40.3 Å². The van der Waals surface area contributed by atoms with Gasteiger partial charge in [0.25, 0.3) is 11.8 Å². The van der Waals surface area contributed by atoms with E-state index in [0.717, 1.165) is 24.6 Å². The molecule has 1 atom stereocenters. The van der Waals surface area contributed by atoms with Gasteiger partial charge in [0, 0.05) is 50.8 Å². The predicted molar refractivity (Wildman–Crippen MR) is 125 cm³/mol. The van der Waals surface area contributed by atoms with Crippen molar-refractivity contribution < 1.29 is 28.1 Å². The first kappa shape index (κ1) is 23.3. The lowest BCUT2D eigenvalue weighted by Crippen LogP contribution is -2.38. The average Bonchev–Trinajstić information content (AvgIpc) is 2.75. The number of hydrogen-bond acceptors (Lipinski definition) is 8. The van der Waals surface area contributed by atoms with E-state index in [1.54, 1.807) is 25.3 Å². The van der Waals surface area contributed by atoms with Gasteiger partial charge in [0.15, 0.2) is 0 Å². The Morgan fingerprint density at radius 2 is 1.90 bits per heavy atom. The van der Waals surface area contributed by atoms with Gasteiger partial charge in [-0.2, -0.15) is 4.28 Å². The molecule has 0 aliphatic carbocycles. The molecule has 10 heteroatoms. The summed E-state index contributed by atoms with van der Waals surface area (Å²) < 4.78 is 15.5. The first-order chi connectivity index (χ1) is 14.5. The molecule has 0 radical (unpaired) electrons. The Morgan fingerprint density at radius 1 is 1.17 bits per heavy atom. The van der Waals surface area contributed by atoms with Crippen molar-refractivity contribution in [2.24, 2.45) is 0 Å². The summed E-state index contributed by atoms with van der Waals surface area (Å²) in [6, 6.07) is 8.86. The summed E-state index contributed by atoms with van der Waals surface area (Å²) in [6.07, 6.45) is 0.969. The van der Waals surface area contributed by atoms with E-state index < -0.39 is 11.8 Å². The number of rotatable bonds is 10. The van der Waals surface area contributed by atoms with Crippen molar-refractivity contribution in [3.05, 3.63) is 41.5 Å². The van der Waals surface area contributed by atoms with Gasteiger partial charge in [-0.05, 0) is 30.5 Å². The van der Waals surface area contributed by atoms with Gasteiger partial charge < -0.3 is 9.47 Å². The molecule has 0 spiro atoms. The highest BCUT2D eigenvalue weighted by atomic mass is 127. The number of nitrogens with zero attached hydrogens (tertiary/aromatic N) is 1. The van der Waals surface area contributed by atoms with Crippen LogP contribution in [0.2, 0.25) is 0 Å². The molecule has 0 N–H and O–H groups in total. The number of benzene rings is 2. The molecule has 2 aromatic carbocycles. The number of halogens is 1. The monoisotopic (exact) mass is 561 g/mol. The van der Waals surface area contributed by atoms with Crippen LogP contribution in [0.15, 0.2) is 35.2 Å². The molecule has 3 rings (SSSR count). The van der Waals surface area contributed by atoms with Crippen molar-refractivity contribution in [3.63, 3.8) is 0 Å². The van der Waals surface area contributed by atoms with Crippen molar-refractivity contribution in [1.29, 1.82) is 0 Å². The number of amides is 2. The summed E-state index contributed by atoms with van der Waals surface area (Å²) in [5.41, 5.74) is 0.836. The molecule has 30 heavy (non-hydrogen) atoms. The van der Waals surface area contributed by atoms with Crippen LogP contribution in [-0.4, -0.2) is 48.4 Å². The number of hydroxylamine groups is 2. The molecule has 1 aliphatic rings. The summed E-state index contributed by atoms with van der Waals surface area (Å²) in [5.74, 6) is -0.709. The Labute approximate surface area is 194 Å². The van der Waals surface area contributed by atoms with Crippen molar-refractivity contribution in [2.45, 2.75) is 30.8 Å². The molecule has 0 bridgehead atoms. The molecule has 2 aromatic rings. The number of ether oxygens (including phenoxy) is 2. The van der Waals surface area contributed by atoms with E-state index in [-0.39, 0.29) is 18.5 Å². The molecule has 1 unspecified atom stereocenters. The summed E-state index contributed by atoms with van der Waals surface area (Å²) in [5, 5.41) is 2.20. The van der Waals surface area contributed by atoms with E-state index >= 15 is 0 Å². The lowest BCUT2D eigenvalue weighted by atomic mass is 9.95. The third-order valence-electron chi connectivity index (χ3n) is 4.69. The summed E-state index contributed by atoms with van der Waals surface area (Å²) >= 11 is 3.35. The summed E-state index contributed by atoms with van der Waals surface area (Å²) in [7, 11) is 2.53. The van der Waals surface area contributed by atoms with Crippen LogP contribution in [0.4, 0.5) is 0 Å². The smallest absolute Gasteiger partial charge is 0.306 e. The normalized spacial score (nSPS) is 14.3. The zero-order chi connectivity index (χ0) is 21.7. The second-order valence-corrected chi connectivity index (χ2v) is 9.03. The van der Waals surface area contributed by atoms with Crippen LogP contribution in [0.5, 0.6) is 0 Å². The van der Waals surface area contributed by atoms with Crippen molar-refractivity contribution in [2.75, 3.05) is 19.5 Å². The molecule has 160 valence electrons. The second-order valence-electron chi connectivity index (χ2n) is 6.54. The van der Waals surface area contributed by atoms with Crippen LogP contribution in [0, 0.1) is 0 Å². The van der Waals surface area contributed by atoms with E-state index in [1.165, 1.54) is 11.8 Å². The summed E-state index contributed by atoms with van der Waals surface area (Å²) in [6.45, 7) is 2.25. The number of imide groups is 1. The van der Waals surface area contributed by atoms with Crippen LogP contribution >= 0.6 is 42.2 Å². The Hall–Kier alpha value is -1.34. The van der Waals surface area contributed by atoms with Crippen molar-refractivity contribution >= 4 is 70.7 Å². The highest BCUT2D eigenvalue weighted by Gasteiger charge is 2.34. The molecular formula is C20H20INO6S2. The van der Waals surface area contributed by atoms with Crippen molar-refractivity contribution in [3.8, 4) is 0 Å². The fourth-order valence-corrected chi connectivity index (χ4v) is 4.69. The lowest BCUT2D eigenvalue weighted by molar-refractivity contribution is -0.143. The Kier molecular flexibility index (Phi) is 8.40. The molecule has 0 saturated carbocycles. The molecule has 1 aliphatic heterocycles. The first-order valence-electron chi connectivity index (χ1n) is 9.19. The van der Waals surface area contributed by atoms with E-state index in [2.05, 4.69) is 0 Å². The summed E-state index contributed by atoms with van der Waals surface area (Å²) in [4.78, 5) is 38.2. The van der Waals surface area contributed by atoms with Gasteiger partial charge in [0.05, 0.1) is 39.5 Å². The van der Waals surface area contributed by atoms with Crippen LogP contribution in [-0.2, 0) is 18.6 Å². The molecule has 0 aromatic heterocycles. The SMILES string of the molecule is COC(C)CCOC(=O)CCSc1ccc2c3c(cccc13)C(=O)N(OSI)C2=O. The Morgan fingerprint density at radius 3 is 2.60 bits per heavy atom. The lowest BCUT2D eigenvalue weighted by Gasteiger charge is -2.25. The van der Waals surface area contributed by atoms with E-state index in [4.69, 9.17) is 13.8 Å². The largest absolute Gasteiger partial charge is 0.466 e. The standard InChI is InChI=1S/C20H20INO6S2/c1-12(26-2)8-10-27-17(23)9-11-29-16-7-6-15-18-13(16)4-3-5-14(18)19(24)22(20(15)25)28-30-21/h3-7,12H,8-11H2,1-2H3. The minimum absolute atomic E-state index is 0.0482. The van der Waals surface area contributed by atoms with Gasteiger partial charge >= 0.3 is 5.97 Å². The van der Waals surface area contributed by atoms with E-state index in [0.29, 0.717) is 35.3 Å². The molecule has 1 heterocycles. The Balaban J connectivity index is 1.71. The second kappa shape index (κ2) is 10.8. The third kappa shape index (κ3) is 5.10. The average molecular weight is 561 g/mol. The number of esters is 1. The maximum Gasteiger partial charge on any atom is 0.306 e. The molecule has 0 saturated heterocycles. The van der Waals surface area contributed by atoms with Gasteiger partial charge in [-0.1, -0.05) is 12.1 Å².